The van der Waals surface area contributed by atoms with Crippen molar-refractivity contribution in [3.05, 3.63) is 34.9 Å². The summed E-state index contributed by atoms with van der Waals surface area (Å²) in [6.07, 6.45) is -2.13. The fourth-order valence-electron chi connectivity index (χ4n) is 1.53. The molecule has 0 amide bonds. The monoisotopic (exact) mass is 265 g/mol. The van der Waals surface area contributed by atoms with E-state index in [0.29, 0.717) is 11.1 Å². The van der Waals surface area contributed by atoms with Crippen molar-refractivity contribution in [1.82, 2.24) is 0 Å². The summed E-state index contributed by atoms with van der Waals surface area (Å²) in [4.78, 5) is 10.8. The molecule has 1 aromatic carbocycles. The molecule has 5 heteroatoms. The van der Waals surface area contributed by atoms with Crippen LogP contribution in [0.1, 0.15) is 29.7 Å². The molecule has 0 bridgehead atoms. The van der Waals surface area contributed by atoms with Crippen molar-refractivity contribution in [2.45, 2.75) is 26.1 Å². The zero-order valence-corrected chi connectivity index (χ0v) is 11.1. The molecule has 0 heterocycles. The van der Waals surface area contributed by atoms with Crippen LogP contribution in [0, 0.1) is 18.3 Å². The fraction of sp³-hybridized carbons (Fsp3) is 0.385. The Labute approximate surface area is 110 Å². The molecule has 1 rings (SSSR count). The van der Waals surface area contributed by atoms with Gasteiger partial charge in [-0.15, -0.1) is 0 Å². The molecule has 2 unspecified atom stereocenters. The van der Waals surface area contributed by atoms with Crippen LogP contribution in [0.15, 0.2) is 18.2 Å². The smallest absolute Gasteiger partial charge is 0.185 e. The second-order valence-corrected chi connectivity index (χ2v) is 5.19. The van der Waals surface area contributed by atoms with Crippen LogP contribution >= 0.6 is 11.8 Å². The van der Waals surface area contributed by atoms with Crippen LogP contribution in [0.3, 0.4) is 0 Å². The van der Waals surface area contributed by atoms with E-state index in [9.17, 15) is 15.0 Å². The van der Waals surface area contributed by atoms with Crippen LogP contribution in [0.2, 0.25) is 0 Å². The third kappa shape index (κ3) is 3.84. The van der Waals surface area contributed by atoms with E-state index in [1.807, 2.05) is 6.07 Å². The van der Waals surface area contributed by atoms with Gasteiger partial charge in [-0.2, -0.15) is 5.26 Å². The number of hydrogen-bond donors (Lipinski definition) is 2. The molecular formula is C13H15NO3S. The molecule has 0 aliphatic carbocycles. The highest BCUT2D eigenvalue weighted by atomic mass is 32.2. The normalized spacial score (nSPS) is 13.7. The number of rotatable bonds is 4. The minimum absolute atomic E-state index is 0.108. The van der Waals surface area contributed by atoms with Crippen LogP contribution in [0.4, 0.5) is 0 Å². The summed E-state index contributed by atoms with van der Waals surface area (Å²) in [6, 6.07) is 6.92. The topological polar surface area (TPSA) is 81.3 Å². The molecule has 18 heavy (non-hydrogen) atoms. The maximum absolute atomic E-state index is 10.8. The highest BCUT2D eigenvalue weighted by Crippen LogP contribution is 2.24. The molecule has 0 fully saturated rings. The van der Waals surface area contributed by atoms with E-state index in [4.69, 9.17) is 5.26 Å². The zero-order valence-electron chi connectivity index (χ0n) is 10.3. The summed E-state index contributed by atoms with van der Waals surface area (Å²) in [5, 5.41) is 28.5. The van der Waals surface area contributed by atoms with Gasteiger partial charge in [0.2, 0.25) is 0 Å². The first-order chi connectivity index (χ1) is 8.45. The highest BCUT2D eigenvalue weighted by molar-refractivity contribution is 8.13. The SMILES string of the molecule is CC(=O)SCC(O)C(O)c1cc(C#N)ccc1C. The summed E-state index contributed by atoms with van der Waals surface area (Å²) in [7, 11) is 0. The van der Waals surface area contributed by atoms with Crippen molar-refractivity contribution in [3.63, 3.8) is 0 Å². The quantitative estimate of drug-likeness (QED) is 0.863. The van der Waals surface area contributed by atoms with E-state index < -0.39 is 12.2 Å². The minimum atomic E-state index is -1.09. The molecule has 0 aliphatic heterocycles. The van der Waals surface area contributed by atoms with Crippen molar-refractivity contribution >= 4 is 16.9 Å². The maximum Gasteiger partial charge on any atom is 0.185 e. The third-order valence-electron chi connectivity index (χ3n) is 2.55. The lowest BCUT2D eigenvalue weighted by atomic mass is 9.98. The van der Waals surface area contributed by atoms with Crippen molar-refractivity contribution in [1.29, 1.82) is 5.26 Å². The summed E-state index contributed by atoms with van der Waals surface area (Å²) >= 11 is 0.964. The van der Waals surface area contributed by atoms with E-state index >= 15 is 0 Å². The number of nitriles is 1. The Balaban J connectivity index is 2.85. The molecule has 0 aromatic heterocycles. The van der Waals surface area contributed by atoms with Crippen LogP contribution in [-0.4, -0.2) is 27.2 Å². The zero-order chi connectivity index (χ0) is 13.7. The molecule has 0 radical (unpaired) electrons. The number of aryl methyl sites for hydroxylation is 1. The third-order valence-corrected chi connectivity index (χ3v) is 3.46. The van der Waals surface area contributed by atoms with Gasteiger partial charge in [0.1, 0.15) is 6.10 Å². The average Bonchev–Trinajstić information content (AvgIpc) is 2.35. The van der Waals surface area contributed by atoms with Gasteiger partial charge in [-0.1, -0.05) is 17.8 Å². The first-order valence-electron chi connectivity index (χ1n) is 5.46. The largest absolute Gasteiger partial charge is 0.389 e. The van der Waals surface area contributed by atoms with Gasteiger partial charge in [-0.25, -0.2) is 0 Å². The number of carbonyl (C=O) groups excluding carboxylic acids is 1. The summed E-state index contributed by atoms with van der Waals surface area (Å²) < 4.78 is 0. The lowest BCUT2D eigenvalue weighted by Gasteiger charge is -2.19. The first-order valence-corrected chi connectivity index (χ1v) is 6.44. The number of nitrogens with zero attached hydrogens (tertiary/aromatic N) is 1. The molecule has 0 spiro atoms. The van der Waals surface area contributed by atoms with Crippen molar-refractivity contribution in [2.24, 2.45) is 0 Å². The van der Waals surface area contributed by atoms with Crippen molar-refractivity contribution in [3.8, 4) is 6.07 Å². The Morgan fingerprint density at radius 2 is 2.17 bits per heavy atom. The maximum atomic E-state index is 10.8. The molecule has 0 aliphatic rings. The van der Waals surface area contributed by atoms with Gasteiger partial charge in [0.15, 0.2) is 5.12 Å². The highest BCUT2D eigenvalue weighted by Gasteiger charge is 2.21. The predicted octanol–water partition coefficient (Wildman–Crippen LogP) is 1.54. The number of benzene rings is 1. The van der Waals surface area contributed by atoms with E-state index in [-0.39, 0.29) is 10.9 Å². The Bertz CT molecular complexity index is 482. The Morgan fingerprint density at radius 1 is 1.50 bits per heavy atom. The van der Waals surface area contributed by atoms with Gasteiger partial charge in [0.05, 0.1) is 17.7 Å². The number of aliphatic hydroxyl groups excluding tert-OH is 2. The Hall–Kier alpha value is -1.35. The molecule has 4 nitrogen and oxygen atoms in total. The first kappa shape index (κ1) is 14.7. The van der Waals surface area contributed by atoms with Crippen LogP contribution in [0.5, 0.6) is 0 Å². The predicted molar refractivity (Wildman–Crippen MR) is 70.0 cm³/mol. The van der Waals surface area contributed by atoms with E-state index in [1.165, 1.54) is 6.92 Å². The summed E-state index contributed by atoms with van der Waals surface area (Å²) in [5.41, 5.74) is 1.75. The number of aliphatic hydroxyl groups is 2. The van der Waals surface area contributed by atoms with Gasteiger partial charge >= 0.3 is 0 Å². The Morgan fingerprint density at radius 3 is 2.72 bits per heavy atom. The minimum Gasteiger partial charge on any atom is -0.389 e. The Kier molecular flexibility index (Phi) is 5.35. The second-order valence-electron chi connectivity index (χ2n) is 4.00. The van der Waals surface area contributed by atoms with E-state index in [0.717, 1.165) is 17.3 Å². The van der Waals surface area contributed by atoms with E-state index in [2.05, 4.69) is 0 Å². The standard InChI is InChI=1S/C13H15NO3S/c1-8-3-4-10(6-14)5-11(8)13(17)12(16)7-18-9(2)15/h3-5,12-13,16-17H,7H2,1-2H3. The van der Waals surface area contributed by atoms with Gasteiger partial charge in [-0.05, 0) is 30.2 Å². The molecule has 1 aromatic rings. The van der Waals surface area contributed by atoms with Gasteiger partial charge in [-0.3, -0.25) is 4.79 Å². The molecule has 0 saturated heterocycles. The van der Waals surface area contributed by atoms with Gasteiger partial charge in [0.25, 0.3) is 0 Å². The molecule has 96 valence electrons. The lowest BCUT2D eigenvalue weighted by molar-refractivity contribution is -0.109. The molecular weight excluding hydrogens is 250 g/mol. The molecule has 0 saturated carbocycles. The fourth-order valence-corrected chi connectivity index (χ4v) is 2.12. The van der Waals surface area contributed by atoms with Crippen LogP contribution in [-0.2, 0) is 4.79 Å². The number of hydrogen-bond acceptors (Lipinski definition) is 5. The van der Waals surface area contributed by atoms with Crippen molar-refractivity contribution < 1.29 is 15.0 Å². The van der Waals surface area contributed by atoms with Crippen LogP contribution < -0.4 is 0 Å². The second kappa shape index (κ2) is 6.55. The number of thioether (sulfide) groups is 1. The van der Waals surface area contributed by atoms with Crippen molar-refractivity contribution in [2.75, 3.05) is 5.75 Å². The average molecular weight is 265 g/mol. The number of carbonyl (C=O) groups is 1. The summed E-state index contributed by atoms with van der Waals surface area (Å²) in [6.45, 7) is 3.20. The molecule has 2 atom stereocenters. The van der Waals surface area contributed by atoms with Gasteiger partial charge < -0.3 is 10.2 Å². The lowest BCUT2D eigenvalue weighted by Crippen LogP contribution is -2.22. The van der Waals surface area contributed by atoms with E-state index in [1.54, 1.807) is 25.1 Å². The summed E-state index contributed by atoms with van der Waals surface area (Å²) in [5.74, 6) is 0.132. The molecule has 2 N–H and O–H groups in total. The van der Waals surface area contributed by atoms with Crippen LogP contribution in [0.25, 0.3) is 0 Å². The van der Waals surface area contributed by atoms with Gasteiger partial charge in [0, 0.05) is 12.7 Å².